The Morgan fingerprint density at radius 1 is 1.35 bits per heavy atom. The highest BCUT2D eigenvalue weighted by Gasteiger charge is 2.16. The molecule has 0 bridgehead atoms. The fourth-order valence-electron chi connectivity index (χ4n) is 2.36. The van der Waals surface area contributed by atoms with Gasteiger partial charge in [0.1, 0.15) is 0 Å². The summed E-state index contributed by atoms with van der Waals surface area (Å²) in [4.78, 5) is 2.47. The van der Waals surface area contributed by atoms with Crippen LogP contribution < -0.4 is 4.72 Å². The van der Waals surface area contributed by atoms with E-state index >= 15 is 0 Å². The van der Waals surface area contributed by atoms with Gasteiger partial charge in [0, 0.05) is 13.1 Å². The van der Waals surface area contributed by atoms with E-state index in [1.165, 1.54) is 25.0 Å². The molecule has 0 spiro atoms. The Morgan fingerprint density at radius 3 is 2.65 bits per heavy atom. The second kappa shape index (κ2) is 6.35. The first kappa shape index (κ1) is 15.0. The number of benzene rings is 1. The number of hydrogen-bond donors (Lipinski definition) is 1. The van der Waals surface area contributed by atoms with Crippen molar-refractivity contribution in [2.75, 3.05) is 26.2 Å². The maximum Gasteiger partial charge on any atom is 0.240 e. The van der Waals surface area contributed by atoms with E-state index in [4.69, 9.17) is 5.26 Å². The molecule has 1 aromatic carbocycles. The van der Waals surface area contributed by atoms with Crippen molar-refractivity contribution in [3.8, 4) is 6.07 Å². The molecule has 0 unspecified atom stereocenters. The van der Waals surface area contributed by atoms with E-state index in [1.54, 1.807) is 13.0 Å². The molecule has 0 radical (unpaired) electrons. The van der Waals surface area contributed by atoms with E-state index < -0.39 is 10.0 Å². The summed E-state index contributed by atoms with van der Waals surface area (Å²) in [5.41, 5.74) is 1.18. The van der Waals surface area contributed by atoms with Crippen molar-refractivity contribution in [3.63, 3.8) is 0 Å². The molecule has 2 rings (SSSR count). The quantitative estimate of drug-likeness (QED) is 0.886. The van der Waals surface area contributed by atoms with Crippen LogP contribution >= 0.6 is 0 Å². The Balaban J connectivity index is 1.99. The third-order valence-corrected chi connectivity index (χ3v) is 5.01. The molecule has 1 aliphatic heterocycles. The SMILES string of the molecule is Cc1cc(S(=O)(=O)NCCN2CCCC2)ccc1C#N. The third-order valence-electron chi connectivity index (χ3n) is 3.55. The van der Waals surface area contributed by atoms with Gasteiger partial charge in [-0.25, -0.2) is 13.1 Å². The number of aryl methyl sites for hydroxylation is 1. The highest BCUT2D eigenvalue weighted by Crippen LogP contribution is 2.14. The summed E-state index contributed by atoms with van der Waals surface area (Å²) in [6.07, 6.45) is 2.39. The normalized spacial score (nSPS) is 16.2. The van der Waals surface area contributed by atoms with Crippen molar-refractivity contribution in [1.29, 1.82) is 5.26 Å². The minimum absolute atomic E-state index is 0.218. The zero-order valence-electron chi connectivity index (χ0n) is 11.6. The predicted octanol–water partition coefficient (Wildman–Crippen LogP) is 1.24. The summed E-state index contributed by atoms with van der Waals surface area (Å²) in [6.45, 7) is 5.01. The molecule has 0 atom stereocenters. The lowest BCUT2D eigenvalue weighted by atomic mass is 10.1. The molecule has 1 fully saturated rings. The minimum Gasteiger partial charge on any atom is -0.302 e. The Morgan fingerprint density at radius 2 is 2.05 bits per heavy atom. The first-order valence-corrected chi connectivity index (χ1v) is 8.24. The molecule has 1 N–H and O–H groups in total. The minimum atomic E-state index is -3.49. The number of hydrogen-bond acceptors (Lipinski definition) is 4. The monoisotopic (exact) mass is 293 g/mol. The molecular formula is C14H19N3O2S. The van der Waals surface area contributed by atoms with E-state index in [2.05, 4.69) is 9.62 Å². The molecule has 1 saturated heterocycles. The summed E-state index contributed by atoms with van der Waals surface area (Å²) >= 11 is 0. The van der Waals surface area contributed by atoms with Crippen molar-refractivity contribution in [1.82, 2.24) is 9.62 Å². The van der Waals surface area contributed by atoms with Crippen molar-refractivity contribution < 1.29 is 8.42 Å². The number of nitrogens with zero attached hydrogens (tertiary/aromatic N) is 2. The molecule has 1 heterocycles. The molecule has 5 nitrogen and oxygen atoms in total. The fourth-order valence-corrected chi connectivity index (χ4v) is 3.46. The van der Waals surface area contributed by atoms with Crippen molar-refractivity contribution in [2.24, 2.45) is 0 Å². The lowest BCUT2D eigenvalue weighted by Gasteiger charge is -2.15. The molecule has 20 heavy (non-hydrogen) atoms. The van der Waals surface area contributed by atoms with E-state index in [-0.39, 0.29) is 4.90 Å². The molecule has 6 heteroatoms. The topological polar surface area (TPSA) is 73.2 Å². The predicted molar refractivity (Wildman–Crippen MR) is 76.8 cm³/mol. The molecule has 0 amide bonds. The number of nitriles is 1. The van der Waals surface area contributed by atoms with Gasteiger partial charge >= 0.3 is 0 Å². The molecule has 0 aliphatic carbocycles. The van der Waals surface area contributed by atoms with Crippen LogP contribution in [-0.2, 0) is 10.0 Å². The van der Waals surface area contributed by atoms with Crippen LogP contribution in [0.2, 0.25) is 0 Å². The Kier molecular flexibility index (Phi) is 4.76. The van der Waals surface area contributed by atoms with Gasteiger partial charge in [-0.2, -0.15) is 5.26 Å². The molecular weight excluding hydrogens is 274 g/mol. The highest BCUT2D eigenvalue weighted by molar-refractivity contribution is 7.89. The van der Waals surface area contributed by atoms with Gasteiger partial charge in [0.05, 0.1) is 16.5 Å². The average Bonchev–Trinajstić information content (AvgIpc) is 2.91. The van der Waals surface area contributed by atoms with E-state index in [9.17, 15) is 8.42 Å². The first-order chi connectivity index (χ1) is 9.53. The van der Waals surface area contributed by atoms with Gasteiger partial charge in [-0.05, 0) is 56.6 Å². The van der Waals surface area contributed by atoms with E-state index in [1.807, 2.05) is 6.07 Å². The second-order valence-electron chi connectivity index (χ2n) is 5.04. The van der Waals surface area contributed by atoms with Gasteiger partial charge in [0.25, 0.3) is 0 Å². The van der Waals surface area contributed by atoms with Gasteiger partial charge in [0.2, 0.25) is 10.0 Å². The maximum absolute atomic E-state index is 12.1. The van der Waals surface area contributed by atoms with Crippen molar-refractivity contribution in [3.05, 3.63) is 29.3 Å². The first-order valence-electron chi connectivity index (χ1n) is 6.76. The Bertz CT molecular complexity index is 614. The van der Waals surface area contributed by atoms with Gasteiger partial charge in [-0.15, -0.1) is 0 Å². The number of sulfonamides is 1. The molecule has 1 aliphatic rings. The number of nitrogens with one attached hydrogen (secondary N) is 1. The molecule has 1 aromatic rings. The second-order valence-corrected chi connectivity index (χ2v) is 6.80. The third kappa shape index (κ3) is 3.57. The summed E-state index contributed by atoms with van der Waals surface area (Å²) in [6, 6.07) is 6.59. The van der Waals surface area contributed by atoms with Crippen molar-refractivity contribution >= 4 is 10.0 Å². The van der Waals surface area contributed by atoms with Gasteiger partial charge in [-0.3, -0.25) is 0 Å². The van der Waals surface area contributed by atoms with Crippen LogP contribution in [-0.4, -0.2) is 39.5 Å². The van der Waals surface area contributed by atoms with Gasteiger partial charge in [0.15, 0.2) is 0 Å². The van der Waals surface area contributed by atoms with Gasteiger partial charge < -0.3 is 4.90 Å². The van der Waals surface area contributed by atoms with E-state index in [0.717, 1.165) is 19.6 Å². The maximum atomic E-state index is 12.1. The molecule has 108 valence electrons. The Labute approximate surface area is 120 Å². The lowest BCUT2D eigenvalue weighted by molar-refractivity contribution is 0.344. The number of rotatable bonds is 5. The van der Waals surface area contributed by atoms with Crippen LogP contribution in [0.15, 0.2) is 23.1 Å². The van der Waals surface area contributed by atoms with Crippen LogP contribution in [0.4, 0.5) is 0 Å². The largest absolute Gasteiger partial charge is 0.302 e. The Hall–Kier alpha value is -1.42. The van der Waals surface area contributed by atoms with Crippen LogP contribution in [0.3, 0.4) is 0 Å². The molecule has 0 saturated carbocycles. The average molecular weight is 293 g/mol. The smallest absolute Gasteiger partial charge is 0.240 e. The lowest BCUT2D eigenvalue weighted by Crippen LogP contribution is -2.33. The standard InChI is InChI=1S/C14H19N3O2S/c1-12-10-14(5-4-13(12)11-15)20(18,19)16-6-9-17-7-2-3-8-17/h4-5,10,16H,2-3,6-9H2,1H3. The summed E-state index contributed by atoms with van der Waals surface area (Å²) in [5.74, 6) is 0. The fraction of sp³-hybridized carbons (Fsp3) is 0.500. The van der Waals surface area contributed by atoms with Crippen LogP contribution in [0.1, 0.15) is 24.0 Å². The van der Waals surface area contributed by atoms with Crippen LogP contribution in [0.25, 0.3) is 0 Å². The number of likely N-dealkylation sites (tertiary alicyclic amines) is 1. The van der Waals surface area contributed by atoms with E-state index in [0.29, 0.717) is 17.7 Å². The van der Waals surface area contributed by atoms with Crippen LogP contribution in [0.5, 0.6) is 0 Å². The van der Waals surface area contributed by atoms with Crippen LogP contribution in [0, 0.1) is 18.3 Å². The molecule has 0 aromatic heterocycles. The van der Waals surface area contributed by atoms with Gasteiger partial charge in [-0.1, -0.05) is 0 Å². The zero-order chi connectivity index (χ0) is 14.6. The highest BCUT2D eigenvalue weighted by atomic mass is 32.2. The summed E-state index contributed by atoms with van der Waals surface area (Å²) < 4.78 is 26.9. The van der Waals surface area contributed by atoms with Crippen molar-refractivity contribution in [2.45, 2.75) is 24.7 Å². The summed E-state index contributed by atoms with van der Waals surface area (Å²) in [7, 11) is -3.49. The summed E-state index contributed by atoms with van der Waals surface area (Å²) in [5, 5.41) is 8.85. The zero-order valence-corrected chi connectivity index (χ0v) is 12.4.